The minimum absolute atomic E-state index is 0.350. The SMILES string of the molecule is CN1CC(COc2cc(F)cc(C(CO)NC(=O)N3CCc4cc(-c5cn[nH]c5)c(F)cc43)c2)C1. The third-order valence-corrected chi connectivity index (χ3v) is 6.52. The molecule has 1 unspecified atom stereocenters. The molecule has 0 saturated carbocycles. The van der Waals surface area contributed by atoms with Crippen LogP contribution in [0.15, 0.2) is 42.7 Å². The fourth-order valence-electron chi connectivity index (χ4n) is 4.72. The molecule has 184 valence electrons. The van der Waals surface area contributed by atoms with Crippen molar-refractivity contribution in [1.82, 2.24) is 20.4 Å². The molecule has 0 bridgehead atoms. The Balaban J connectivity index is 1.29. The van der Waals surface area contributed by atoms with Gasteiger partial charge in [-0.3, -0.25) is 10.00 Å². The molecule has 2 aliphatic rings. The molecule has 0 radical (unpaired) electrons. The van der Waals surface area contributed by atoms with E-state index in [9.17, 15) is 18.7 Å². The number of hydrogen-bond donors (Lipinski definition) is 3. The Morgan fingerprint density at radius 1 is 1.29 bits per heavy atom. The maximum Gasteiger partial charge on any atom is 0.322 e. The number of fused-ring (bicyclic) bond motifs is 1. The summed E-state index contributed by atoms with van der Waals surface area (Å²) in [5.41, 5.74) is 2.73. The highest BCUT2D eigenvalue weighted by Crippen LogP contribution is 2.35. The number of urea groups is 1. The summed E-state index contributed by atoms with van der Waals surface area (Å²) in [5, 5.41) is 19.2. The first-order valence-electron chi connectivity index (χ1n) is 11.5. The molecule has 1 saturated heterocycles. The van der Waals surface area contributed by atoms with E-state index in [1.807, 2.05) is 7.05 Å². The molecule has 2 aliphatic heterocycles. The van der Waals surface area contributed by atoms with Gasteiger partial charge in [0.2, 0.25) is 0 Å². The van der Waals surface area contributed by atoms with E-state index in [2.05, 4.69) is 20.4 Å². The van der Waals surface area contributed by atoms with Gasteiger partial charge in [-0.15, -0.1) is 0 Å². The van der Waals surface area contributed by atoms with Crippen LogP contribution in [0.2, 0.25) is 0 Å². The fourth-order valence-corrected chi connectivity index (χ4v) is 4.72. The molecule has 35 heavy (non-hydrogen) atoms. The standard InChI is InChI=1S/C25H27F2N5O3/c1-31-11-15(12-31)14-35-20-5-17(4-19(26)7-20)23(13-33)30-25(34)32-3-2-16-6-21(18-9-28-29-10-18)22(27)8-24(16)32/h4-10,15,23,33H,2-3,11-14H2,1H3,(H,28,29)(H,30,34). The number of likely N-dealkylation sites (tertiary alicyclic amines) is 1. The second kappa shape index (κ2) is 9.63. The van der Waals surface area contributed by atoms with Gasteiger partial charge in [0.15, 0.2) is 0 Å². The van der Waals surface area contributed by atoms with Crippen molar-refractivity contribution >= 4 is 11.7 Å². The van der Waals surface area contributed by atoms with Gasteiger partial charge in [-0.05, 0) is 48.9 Å². The lowest BCUT2D eigenvalue weighted by atomic mass is 10.0. The van der Waals surface area contributed by atoms with Gasteiger partial charge in [0, 0.05) is 48.9 Å². The number of aromatic amines is 1. The number of amides is 2. The highest BCUT2D eigenvalue weighted by atomic mass is 19.1. The number of nitrogens with one attached hydrogen (secondary N) is 2. The quantitative estimate of drug-likeness (QED) is 0.480. The average molecular weight is 484 g/mol. The van der Waals surface area contributed by atoms with E-state index < -0.39 is 30.3 Å². The average Bonchev–Trinajstić information content (AvgIpc) is 3.48. The van der Waals surface area contributed by atoms with Crippen LogP contribution in [0.5, 0.6) is 5.75 Å². The lowest BCUT2D eigenvalue weighted by molar-refractivity contribution is 0.0855. The van der Waals surface area contributed by atoms with Crippen LogP contribution in [-0.4, -0.2) is 66.1 Å². The van der Waals surface area contributed by atoms with E-state index >= 15 is 0 Å². The largest absolute Gasteiger partial charge is 0.493 e. The van der Waals surface area contributed by atoms with Crippen LogP contribution in [0.25, 0.3) is 11.1 Å². The Kier molecular flexibility index (Phi) is 6.40. The predicted molar refractivity (Wildman–Crippen MR) is 126 cm³/mol. The van der Waals surface area contributed by atoms with Gasteiger partial charge < -0.3 is 20.1 Å². The Bertz CT molecular complexity index is 1210. The van der Waals surface area contributed by atoms with Crippen molar-refractivity contribution < 1.29 is 23.4 Å². The van der Waals surface area contributed by atoms with Crippen LogP contribution in [-0.2, 0) is 6.42 Å². The maximum absolute atomic E-state index is 14.8. The van der Waals surface area contributed by atoms with Gasteiger partial charge in [-0.2, -0.15) is 5.10 Å². The summed E-state index contributed by atoms with van der Waals surface area (Å²) in [6.07, 6.45) is 3.71. The molecule has 0 spiro atoms. The lowest BCUT2D eigenvalue weighted by Gasteiger charge is -2.35. The molecule has 2 aromatic carbocycles. The second-order valence-corrected chi connectivity index (χ2v) is 9.15. The summed E-state index contributed by atoms with van der Waals surface area (Å²) in [6, 6.07) is 5.89. The van der Waals surface area contributed by atoms with E-state index in [-0.39, 0.29) is 0 Å². The van der Waals surface area contributed by atoms with Crippen molar-refractivity contribution in [2.24, 2.45) is 5.92 Å². The summed E-state index contributed by atoms with van der Waals surface area (Å²) >= 11 is 0. The first-order valence-corrected chi connectivity index (χ1v) is 11.5. The highest BCUT2D eigenvalue weighted by Gasteiger charge is 2.29. The summed E-state index contributed by atoms with van der Waals surface area (Å²) in [5.74, 6) is -0.239. The number of rotatable bonds is 7. The zero-order valence-corrected chi connectivity index (χ0v) is 19.3. The summed E-state index contributed by atoms with van der Waals surface area (Å²) < 4.78 is 34.9. The molecule has 3 heterocycles. The highest BCUT2D eigenvalue weighted by molar-refractivity contribution is 5.95. The molecular weight excluding hydrogens is 456 g/mol. The van der Waals surface area contributed by atoms with Crippen LogP contribution < -0.4 is 15.0 Å². The Morgan fingerprint density at radius 2 is 2.11 bits per heavy atom. The predicted octanol–water partition coefficient (Wildman–Crippen LogP) is 3.10. The minimum atomic E-state index is -0.852. The number of H-pyrrole nitrogens is 1. The van der Waals surface area contributed by atoms with Crippen LogP contribution in [0.3, 0.4) is 0 Å². The van der Waals surface area contributed by atoms with Crippen LogP contribution in [0.4, 0.5) is 19.3 Å². The molecule has 1 fully saturated rings. The number of benzene rings is 2. The number of carbonyl (C=O) groups is 1. The second-order valence-electron chi connectivity index (χ2n) is 9.15. The molecule has 5 rings (SSSR count). The number of hydrogen-bond acceptors (Lipinski definition) is 5. The molecule has 1 atom stereocenters. The van der Waals surface area contributed by atoms with E-state index in [4.69, 9.17) is 4.74 Å². The molecular formula is C25H27F2N5O3. The number of aromatic nitrogens is 2. The molecule has 3 N–H and O–H groups in total. The number of aliphatic hydroxyl groups excluding tert-OH is 1. The van der Waals surface area contributed by atoms with Gasteiger partial charge in [0.05, 0.1) is 31.1 Å². The van der Waals surface area contributed by atoms with Gasteiger partial charge in [-0.1, -0.05) is 0 Å². The Labute approximate surface area is 201 Å². The van der Waals surface area contributed by atoms with E-state index in [0.29, 0.717) is 53.6 Å². The topological polar surface area (TPSA) is 93.7 Å². The van der Waals surface area contributed by atoms with Crippen LogP contribution >= 0.6 is 0 Å². The Morgan fingerprint density at radius 3 is 2.83 bits per heavy atom. The Hall–Kier alpha value is -3.50. The van der Waals surface area contributed by atoms with Crippen molar-refractivity contribution in [2.45, 2.75) is 12.5 Å². The smallest absolute Gasteiger partial charge is 0.322 e. The number of halogens is 2. The monoisotopic (exact) mass is 483 g/mol. The number of aliphatic hydroxyl groups is 1. The van der Waals surface area contributed by atoms with E-state index in [1.54, 1.807) is 18.3 Å². The first kappa shape index (κ1) is 23.3. The third-order valence-electron chi connectivity index (χ3n) is 6.52. The zero-order chi connectivity index (χ0) is 24.5. The van der Waals surface area contributed by atoms with Crippen molar-refractivity contribution in [3.05, 3.63) is 65.5 Å². The molecule has 0 aliphatic carbocycles. The van der Waals surface area contributed by atoms with Crippen molar-refractivity contribution in [3.63, 3.8) is 0 Å². The van der Waals surface area contributed by atoms with Crippen molar-refractivity contribution in [2.75, 3.05) is 44.8 Å². The molecule has 1 aromatic heterocycles. The third kappa shape index (κ3) is 4.85. The molecule has 2 amide bonds. The minimum Gasteiger partial charge on any atom is -0.493 e. The van der Waals surface area contributed by atoms with E-state index in [0.717, 1.165) is 18.7 Å². The van der Waals surface area contributed by atoms with Crippen LogP contribution in [0, 0.1) is 17.6 Å². The van der Waals surface area contributed by atoms with Gasteiger partial charge in [0.25, 0.3) is 0 Å². The van der Waals surface area contributed by atoms with Crippen LogP contribution in [0.1, 0.15) is 17.2 Å². The number of nitrogens with zero attached hydrogens (tertiary/aromatic N) is 3. The first-order chi connectivity index (χ1) is 16.9. The normalized spacial score (nSPS) is 16.6. The van der Waals surface area contributed by atoms with Crippen molar-refractivity contribution in [1.29, 1.82) is 0 Å². The summed E-state index contributed by atoms with van der Waals surface area (Å²) in [7, 11) is 2.02. The number of carbonyl (C=O) groups excluding carboxylic acids is 1. The summed E-state index contributed by atoms with van der Waals surface area (Å²) in [6.45, 7) is 2.26. The lowest BCUT2D eigenvalue weighted by Crippen LogP contribution is -2.46. The number of ether oxygens (including phenoxy) is 1. The maximum atomic E-state index is 14.8. The molecule has 10 heteroatoms. The van der Waals surface area contributed by atoms with Crippen molar-refractivity contribution in [3.8, 4) is 16.9 Å². The summed E-state index contributed by atoms with van der Waals surface area (Å²) in [4.78, 5) is 16.7. The van der Waals surface area contributed by atoms with Gasteiger partial charge in [-0.25, -0.2) is 13.6 Å². The van der Waals surface area contributed by atoms with Gasteiger partial charge in [0.1, 0.15) is 17.4 Å². The molecule has 8 nitrogen and oxygen atoms in total. The molecule has 3 aromatic rings. The fraction of sp³-hybridized carbons (Fsp3) is 0.360. The van der Waals surface area contributed by atoms with E-state index in [1.165, 1.54) is 29.3 Å². The zero-order valence-electron chi connectivity index (χ0n) is 19.3. The van der Waals surface area contributed by atoms with Gasteiger partial charge >= 0.3 is 6.03 Å². The number of anilines is 1.